The Hall–Kier alpha value is -0.470. The van der Waals surface area contributed by atoms with E-state index in [0.29, 0.717) is 5.75 Å². The Morgan fingerprint density at radius 3 is 2.64 bits per heavy atom. The van der Waals surface area contributed by atoms with Gasteiger partial charge in [-0.2, -0.15) is 0 Å². The smallest absolute Gasteiger partial charge is 0.145 e. The fourth-order valence-electron chi connectivity index (χ4n) is 1.34. The van der Waals surface area contributed by atoms with Crippen LogP contribution >= 0.6 is 23.2 Å². The quantitative estimate of drug-likeness (QED) is 0.711. The minimum atomic E-state index is -0.453. The lowest BCUT2D eigenvalue weighted by molar-refractivity contribution is 0.123. The fraction of sp³-hybridized carbons (Fsp3) is 0.400. The molecule has 14 heavy (non-hydrogen) atoms. The van der Waals surface area contributed by atoms with E-state index in [4.69, 9.17) is 27.9 Å². The lowest BCUT2D eigenvalue weighted by Crippen LogP contribution is -2.34. The first-order valence-corrected chi connectivity index (χ1v) is 5.22. The fourth-order valence-corrected chi connectivity index (χ4v) is 1.86. The molecule has 1 aromatic rings. The van der Waals surface area contributed by atoms with Crippen molar-refractivity contribution in [2.75, 3.05) is 0 Å². The van der Waals surface area contributed by atoms with Crippen LogP contribution in [0.5, 0.6) is 5.75 Å². The van der Waals surface area contributed by atoms with Crippen LogP contribution in [-0.4, -0.2) is 11.5 Å². The van der Waals surface area contributed by atoms with Crippen molar-refractivity contribution in [3.8, 4) is 5.75 Å². The summed E-state index contributed by atoms with van der Waals surface area (Å²) in [6, 6.07) is 4.44. The molecule has 0 N–H and O–H groups in total. The average molecular weight is 235 g/mol. The van der Waals surface area contributed by atoms with Crippen molar-refractivity contribution in [2.24, 2.45) is 0 Å². The summed E-state index contributed by atoms with van der Waals surface area (Å²) in [5, 5.41) is 0.318. The number of benzene rings is 1. The molecule has 0 aromatic heterocycles. The van der Waals surface area contributed by atoms with Gasteiger partial charge in [0.25, 0.3) is 0 Å². The molecule has 76 valence electrons. The van der Waals surface area contributed by atoms with Crippen molar-refractivity contribution in [3.05, 3.63) is 29.0 Å². The van der Waals surface area contributed by atoms with Crippen LogP contribution in [0.3, 0.4) is 0 Å². The molecule has 1 aliphatic carbocycles. The molecule has 0 spiro atoms. The molecule has 4 heteroatoms. The second-order valence-corrected chi connectivity index (χ2v) is 4.41. The van der Waals surface area contributed by atoms with Crippen LogP contribution in [0.4, 0.5) is 4.39 Å². The molecular formula is C10H9Cl2FO. The number of rotatable bonds is 2. The highest BCUT2D eigenvalue weighted by atomic mass is 35.5. The average Bonchev–Trinajstić information content (AvgIpc) is 2.09. The summed E-state index contributed by atoms with van der Waals surface area (Å²) in [6.45, 7) is 0. The van der Waals surface area contributed by atoms with Crippen molar-refractivity contribution in [2.45, 2.75) is 24.3 Å². The summed E-state index contributed by atoms with van der Waals surface area (Å²) in [6.07, 6.45) is 1.77. The molecule has 0 atom stereocenters. The maximum absolute atomic E-state index is 13.0. The third-order valence-electron chi connectivity index (χ3n) is 2.23. The van der Waals surface area contributed by atoms with Crippen LogP contribution in [0.2, 0.25) is 5.02 Å². The molecule has 1 aliphatic rings. The molecule has 0 unspecified atom stereocenters. The molecule has 0 amide bonds. The minimum Gasteiger partial charge on any atom is -0.490 e. The normalized spacial score (nSPS) is 25.6. The third-order valence-corrected chi connectivity index (χ3v) is 2.89. The Bertz CT molecular complexity index is 337. The van der Waals surface area contributed by atoms with E-state index >= 15 is 0 Å². The molecule has 2 rings (SSSR count). The standard InChI is InChI=1S/C10H9Cl2FO/c11-6-3-8(4-6)14-7-1-2-9(12)10(13)5-7/h1-2,5-6,8H,3-4H2. The van der Waals surface area contributed by atoms with Crippen molar-refractivity contribution in [1.82, 2.24) is 0 Å². The van der Waals surface area contributed by atoms with Crippen LogP contribution in [0, 0.1) is 5.82 Å². The Labute approximate surface area is 91.8 Å². The largest absolute Gasteiger partial charge is 0.490 e. The van der Waals surface area contributed by atoms with Gasteiger partial charge in [-0.3, -0.25) is 0 Å². The first-order chi connectivity index (χ1) is 6.65. The van der Waals surface area contributed by atoms with Gasteiger partial charge < -0.3 is 4.74 Å². The van der Waals surface area contributed by atoms with Gasteiger partial charge in [-0.1, -0.05) is 11.6 Å². The van der Waals surface area contributed by atoms with E-state index in [9.17, 15) is 4.39 Å². The number of alkyl halides is 1. The van der Waals surface area contributed by atoms with E-state index in [1.54, 1.807) is 6.07 Å². The zero-order chi connectivity index (χ0) is 10.1. The Balaban J connectivity index is 2.00. The minimum absolute atomic E-state index is 0.112. The van der Waals surface area contributed by atoms with Gasteiger partial charge in [-0.25, -0.2) is 4.39 Å². The molecule has 0 saturated heterocycles. The number of ether oxygens (including phenoxy) is 1. The first-order valence-electron chi connectivity index (χ1n) is 4.41. The SMILES string of the molecule is Fc1cc(OC2CC(Cl)C2)ccc1Cl. The van der Waals surface area contributed by atoms with Gasteiger partial charge in [0.1, 0.15) is 17.7 Å². The van der Waals surface area contributed by atoms with E-state index < -0.39 is 5.82 Å². The summed E-state index contributed by atoms with van der Waals surface area (Å²) < 4.78 is 18.5. The molecule has 1 fully saturated rings. The summed E-state index contributed by atoms with van der Waals surface area (Å²) >= 11 is 11.3. The molecule has 1 nitrogen and oxygen atoms in total. The summed E-state index contributed by atoms with van der Waals surface area (Å²) in [4.78, 5) is 0. The van der Waals surface area contributed by atoms with E-state index in [1.165, 1.54) is 12.1 Å². The van der Waals surface area contributed by atoms with Gasteiger partial charge in [0.15, 0.2) is 0 Å². The van der Waals surface area contributed by atoms with Crippen LogP contribution in [0.15, 0.2) is 18.2 Å². The Morgan fingerprint density at radius 1 is 1.36 bits per heavy atom. The van der Waals surface area contributed by atoms with Crippen molar-refractivity contribution >= 4 is 23.2 Å². The summed E-state index contributed by atoms with van der Waals surface area (Å²) in [5.41, 5.74) is 0. The molecule has 0 aliphatic heterocycles. The molecule has 0 heterocycles. The molecule has 1 saturated carbocycles. The highest BCUT2D eigenvalue weighted by Crippen LogP contribution is 2.30. The maximum Gasteiger partial charge on any atom is 0.145 e. The number of hydrogen-bond donors (Lipinski definition) is 0. The molecular weight excluding hydrogens is 226 g/mol. The van der Waals surface area contributed by atoms with Gasteiger partial charge in [0, 0.05) is 24.3 Å². The summed E-state index contributed by atoms with van der Waals surface area (Å²) in [7, 11) is 0. The van der Waals surface area contributed by atoms with Crippen molar-refractivity contribution in [1.29, 1.82) is 0 Å². The predicted octanol–water partition coefficient (Wildman–Crippen LogP) is 3.63. The highest BCUT2D eigenvalue weighted by Gasteiger charge is 2.29. The molecule has 1 aromatic carbocycles. The predicted molar refractivity (Wildman–Crippen MR) is 54.7 cm³/mol. The second-order valence-electron chi connectivity index (χ2n) is 3.38. The number of halogens is 3. The van der Waals surface area contributed by atoms with E-state index in [1.807, 2.05) is 0 Å². The summed E-state index contributed by atoms with van der Waals surface area (Å²) in [5.74, 6) is 0.0615. The molecule has 0 bridgehead atoms. The highest BCUT2D eigenvalue weighted by molar-refractivity contribution is 6.30. The Morgan fingerprint density at radius 2 is 2.07 bits per heavy atom. The number of hydrogen-bond acceptors (Lipinski definition) is 1. The van der Waals surface area contributed by atoms with Gasteiger partial charge in [0.2, 0.25) is 0 Å². The monoisotopic (exact) mass is 234 g/mol. The van der Waals surface area contributed by atoms with Crippen LogP contribution in [0.25, 0.3) is 0 Å². The molecule has 0 radical (unpaired) electrons. The van der Waals surface area contributed by atoms with Crippen molar-refractivity contribution < 1.29 is 9.13 Å². The van der Waals surface area contributed by atoms with Crippen LogP contribution in [0.1, 0.15) is 12.8 Å². The maximum atomic E-state index is 13.0. The van der Waals surface area contributed by atoms with Crippen LogP contribution in [-0.2, 0) is 0 Å². The van der Waals surface area contributed by atoms with Gasteiger partial charge in [-0.15, -0.1) is 11.6 Å². The van der Waals surface area contributed by atoms with E-state index in [2.05, 4.69) is 0 Å². The Kier molecular flexibility index (Phi) is 2.84. The topological polar surface area (TPSA) is 9.23 Å². The lowest BCUT2D eigenvalue weighted by atomic mass is 9.95. The van der Waals surface area contributed by atoms with Crippen LogP contribution < -0.4 is 4.74 Å². The second kappa shape index (κ2) is 3.95. The zero-order valence-electron chi connectivity index (χ0n) is 7.34. The zero-order valence-corrected chi connectivity index (χ0v) is 8.85. The third kappa shape index (κ3) is 2.12. The lowest BCUT2D eigenvalue weighted by Gasteiger charge is -2.31. The first kappa shape index (κ1) is 10.1. The van der Waals surface area contributed by atoms with Gasteiger partial charge in [0.05, 0.1) is 5.02 Å². The van der Waals surface area contributed by atoms with E-state index in [0.717, 1.165) is 12.8 Å². The van der Waals surface area contributed by atoms with Crippen molar-refractivity contribution in [3.63, 3.8) is 0 Å². The van der Waals surface area contributed by atoms with E-state index in [-0.39, 0.29) is 16.5 Å². The van der Waals surface area contributed by atoms with Gasteiger partial charge in [-0.05, 0) is 12.1 Å². The van der Waals surface area contributed by atoms with Gasteiger partial charge >= 0.3 is 0 Å².